The van der Waals surface area contributed by atoms with Gasteiger partial charge in [0, 0.05) is 3.57 Å². The molecular weight excluding hydrogens is 289 g/mol. The molecule has 1 rings (SSSR count). The lowest BCUT2D eigenvalue weighted by atomic mass is 10.3. The van der Waals surface area contributed by atoms with E-state index in [1.54, 1.807) is 0 Å². The fourth-order valence-electron chi connectivity index (χ4n) is 0.716. The molecule has 1 aromatic heterocycles. The maximum absolute atomic E-state index is 10.5. The Morgan fingerprint density at radius 2 is 1.54 bits per heavy atom. The third-order valence-electron chi connectivity index (χ3n) is 1.23. The Morgan fingerprint density at radius 1 is 1.15 bits per heavy atom. The van der Waals surface area contributed by atoms with Crippen molar-refractivity contribution in [1.82, 2.24) is 4.98 Å². The van der Waals surface area contributed by atoms with E-state index in [2.05, 4.69) is 4.98 Å². The van der Waals surface area contributed by atoms with Crippen molar-refractivity contribution in [3.63, 3.8) is 0 Å². The number of aromatic nitrogens is 1. The summed E-state index contributed by atoms with van der Waals surface area (Å²) < 4.78 is 0.530. The van der Waals surface area contributed by atoms with E-state index in [4.69, 9.17) is 10.2 Å². The van der Waals surface area contributed by atoms with Gasteiger partial charge in [-0.05, 0) is 34.7 Å². The van der Waals surface area contributed by atoms with Gasteiger partial charge < -0.3 is 10.2 Å². The molecule has 0 saturated heterocycles. The van der Waals surface area contributed by atoms with Crippen LogP contribution in [-0.2, 0) is 0 Å². The van der Waals surface area contributed by atoms with Crippen molar-refractivity contribution in [3.8, 4) is 0 Å². The van der Waals surface area contributed by atoms with Crippen molar-refractivity contribution in [2.24, 2.45) is 0 Å². The van der Waals surface area contributed by atoms with Crippen LogP contribution in [0.25, 0.3) is 0 Å². The number of aromatic carboxylic acids is 2. The van der Waals surface area contributed by atoms with Gasteiger partial charge in [-0.15, -0.1) is 0 Å². The molecule has 0 fully saturated rings. The minimum atomic E-state index is -1.24. The minimum Gasteiger partial charge on any atom is -0.477 e. The Hall–Kier alpha value is -1.18. The predicted molar refractivity (Wildman–Crippen MR) is 50.9 cm³/mol. The van der Waals surface area contributed by atoms with Crippen LogP contribution in [-0.4, -0.2) is 27.1 Å². The van der Waals surface area contributed by atoms with Crippen LogP contribution >= 0.6 is 22.6 Å². The second kappa shape index (κ2) is 3.69. The smallest absolute Gasteiger partial charge is 0.354 e. The normalized spacial score (nSPS) is 9.62. The third kappa shape index (κ3) is 2.38. The summed E-state index contributed by atoms with van der Waals surface area (Å²) in [6.45, 7) is 0. The van der Waals surface area contributed by atoms with E-state index in [1.165, 1.54) is 12.1 Å². The van der Waals surface area contributed by atoms with Crippen LogP contribution in [0.3, 0.4) is 0 Å². The highest BCUT2D eigenvalue weighted by Crippen LogP contribution is 2.08. The molecule has 68 valence electrons. The fourth-order valence-corrected chi connectivity index (χ4v) is 1.31. The zero-order valence-corrected chi connectivity index (χ0v) is 8.35. The highest BCUT2D eigenvalue weighted by atomic mass is 127. The highest BCUT2D eigenvalue weighted by molar-refractivity contribution is 14.1. The zero-order valence-electron chi connectivity index (χ0n) is 6.19. The van der Waals surface area contributed by atoms with E-state index in [0.29, 0.717) is 3.57 Å². The second-order valence-corrected chi connectivity index (χ2v) is 3.41. The summed E-state index contributed by atoms with van der Waals surface area (Å²) >= 11 is 1.83. The molecule has 0 aromatic carbocycles. The Morgan fingerprint density at radius 3 is 1.85 bits per heavy atom. The molecule has 0 bridgehead atoms. The topological polar surface area (TPSA) is 87.5 Å². The van der Waals surface area contributed by atoms with E-state index in [1.807, 2.05) is 22.6 Å². The maximum atomic E-state index is 10.5. The van der Waals surface area contributed by atoms with Gasteiger partial charge in [-0.1, -0.05) is 0 Å². The first-order valence-corrected chi connectivity index (χ1v) is 4.23. The number of nitrogens with zero attached hydrogens (tertiary/aromatic N) is 1. The number of carboxylic acids is 2. The van der Waals surface area contributed by atoms with Crippen LogP contribution in [0.4, 0.5) is 0 Å². The lowest BCUT2D eigenvalue weighted by Crippen LogP contribution is -2.07. The van der Waals surface area contributed by atoms with Crippen LogP contribution < -0.4 is 0 Å². The van der Waals surface area contributed by atoms with Crippen molar-refractivity contribution in [2.45, 2.75) is 0 Å². The van der Waals surface area contributed by atoms with Crippen molar-refractivity contribution < 1.29 is 19.8 Å². The van der Waals surface area contributed by atoms with Gasteiger partial charge in [-0.25, -0.2) is 14.6 Å². The molecule has 0 aliphatic heterocycles. The van der Waals surface area contributed by atoms with Crippen LogP contribution in [0.15, 0.2) is 12.1 Å². The molecule has 0 radical (unpaired) electrons. The van der Waals surface area contributed by atoms with E-state index < -0.39 is 11.9 Å². The van der Waals surface area contributed by atoms with Gasteiger partial charge in [0.25, 0.3) is 0 Å². The summed E-state index contributed by atoms with van der Waals surface area (Å²) in [5.41, 5.74) is -0.520. The molecule has 0 amide bonds. The lowest BCUT2D eigenvalue weighted by molar-refractivity contribution is 0.0685. The average Bonchev–Trinajstić information content (AvgIpc) is 2.03. The first-order valence-electron chi connectivity index (χ1n) is 3.15. The number of carbonyl (C=O) groups is 2. The molecule has 0 spiro atoms. The minimum absolute atomic E-state index is 0.260. The molecule has 5 nitrogen and oxygen atoms in total. The first-order chi connectivity index (χ1) is 6.00. The Bertz CT molecular complexity index is 345. The largest absolute Gasteiger partial charge is 0.477 e. The summed E-state index contributed by atoms with van der Waals surface area (Å²) in [4.78, 5) is 24.4. The summed E-state index contributed by atoms with van der Waals surface area (Å²) in [5, 5.41) is 17.1. The van der Waals surface area contributed by atoms with Gasteiger partial charge in [0.2, 0.25) is 0 Å². The molecule has 1 heterocycles. The molecule has 0 saturated carbocycles. The van der Waals surface area contributed by atoms with Gasteiger partial charge in [0.1, 0.15) is 11.4 Å². The molecule has 6 heteroatoms. The molecule has 2 N–H and O–H groups in total. The van der Waals surface area contributed by atoms with Crippen LogP contribution in [0.5, 0.6) is 0 Å². The molecule has 0 aliphatic carbocycles. The van der Waals surface area contributed by atoms with E-state index in [0.717, 1.165) is 0 Å². The molecule has 0 atom stereocenters. The zero-order chi connectivity index (χ0) is 10.0. The summed E-state index contributed by atoms with van der Waals surface area (Å²) in [7, 11) is 0. The van der Waals surface area contributed by atoms with Gasteiger partial charge in [0.05, 0.1) is 0 Å². The summed E-state index contributed by atoms with van der Waals surface area (Å²) in [6, 6.07) is 2.60. The van der Waals surface area contributed by atoms with Gasteiger partial charge >= 0.3 is 11.9 Å². The number of hydrogen-bond acceptors (Lipinski definition) is 3. The van der Waals surface area contributed by atoms with E-state index >= 15 is 0 Å². The molecule has 0 aliphatic rings. The molecule has 1 aromatic rings. The van der Waals surface area contributed by atoms with Gasteiger partial charge in [-0.3, -0.25) is 0 Å². The molecular formula is C7H4INO4. The van der Waals surface area contributed by atoms with Crippen LogP contribution in [0.2, 0.25) is 0 Å². The quantitative estimate of drug-likeness (QED) is 0.797. The fraction of sp³-hybridized carbons (Fsp3) is 0. The third-order valence-corrected chi connectivity index (χ3v) is 1.85. The maximum Gasteiger partial charge on any atom is 0.354 e. The summed E-state index contributed by atoms with van der Waals surface area (Å²) in [5.74, 6) is -2.47. The van der Waals surface area contributed by atoms with Crippen molar-refractivity contribution in [1.29, 1.82) is 0 Å². The SMILES string of the molecule is O=C(O)c1cc(I)cc(C(=O)O)n1. The number of hydrogen-bond donors (Lipinski definition) is 2. The Balaban J connectivity index is 3.26. The Kier molecular flexibility index (Phi) is 2.81. The molecule has 0 unspecified atom stereocenters. The van der Waals surface area contributed by atoms with Crippen LogP contribution in [0.1, 0.15) is 21.0 Å². The number of pyridine rings is 1. The first kappa shape index (κ1) is 9.90. The number of carboxylic acid groups (broad SMARTS) is 2. The number of rotatable bonds is 2. The number of halogens is 1. The van der Waals surface area contributed by atoms with Gasteiger partial charge in [0.15, 0.2) is 0 Å². The average molecular weight is 293 g/mol. The van der Waals surface area contributed by atoms with Crippen molar-refractivity contribution in [2.75, 3.05) is 0 Å². The lowest BCUT2D eigenvalue weighted by Gasteiger charge is -1.97. The second-order valence-electron chi connectivity index (χ2n) is 2.17. The highest BCUT2D eigenvalue weighted by Gasteiger charge is 2.11. The predicted octanol–water partition coefficient (Wildman–Crippen LogP) is 1.08. The van der Waals surface area contributed by atoms with E-state index in [9.17, 15) is 9.59 Å². The monoisotopic (exact) mass is 293 g/mol. The molecule has 13 heavy (non-hydrogen) atoms. The van der Waals surface area contributed by atoms with E-state index in [-0.39, 0.29) is 11.4 Å². The summed E-state index contributed by atoms with van der Waals surface area (Å²) in [6.07, 6.45) is 0. The van der Waals surface area contributed by atoms with Gasteiger partial charge in [-0.2, -0.15) is 0 Å². The Labute approximate surface area is 86.6 Å². The van der Waals surface area contributed by atoms with Crippen molar-refractivity contribution >= 4 is 34.5 Å². The van der Waals surface area contributed by atoms with Crippen LogP contribution in [0, 0.1) is 3.57 Å². The van der Waals surface area contributed by atoms with Crippen molar-refractivity contribution in [3.05, 3.63) is 27.1 Å². The standard InChI is InChI=1S/C7H4INO4/c8-3-1-4(6(10)11)9-5(2-3)7(12)13/h1-2H,(H,10,11)(H,12,13).